The molecule has 2 heterocycles. The van der Waals surface area contributed by atoms with Crippen molar-refractivity contribution in [1.29, 1.82) is 5.26 Å². The number of anilines is 1. The van der Waals surface area contributed by atoms with Crippen molar-refractivity contribution in [1.82, 2.24) is 4.98 Å². The van der Waals surface area contributed by atoms with E-state index in [-0.39, 0.29) is 0 Å². The van der Waals surface area contributed by atoms with Gasteiger partial charge in [-0.15, -0.1) is 0 Å². The van der Waals surface area contributed by atoms with Crippen LogP contribution in [-0.2, 0) is 0 Å². The molecule has 0 amide bonds. The van der Waals surface area contributed by atoms with Gasteiger partial charge in [-0.3, -0.25) is 0 Å². The van der Waals surface area contributed by atoms with Crippen molar-refractivity contribution in [2.45, 2.75) is 31.7 Å². The third-order valence-electron chi connectivity index (χ3n) is 3.30. The largest absolute Gasteiger partial charge is 0.354 e. The van der Waals surface area contributed by atoms with E-state index >= 15 is 0 Å². The first-order valence-corrected chi connectivity index (χ1v) is 6.18. The van der Waals surface area contributed by atoms with Crippen LogP contribution in [0.25, 0.3) is 0 Å². The van der Waals surface area contributed by atoms with E-state index in [4.69, 9.17) is 11.0 Å². The van der Waals surface area contributed by atoms with Gasteiger partial charge in [0.1, 0.15) is 5.82 Å². The van der Waals surface area contributed by atoms with Crippen LogP contribution in [0.2, 0.25) is 0 Å². The molecule has 2 N–H and O–H groups in total. The van der Waals surface area contributed by atoms with Gasteiger partial charge >= 0.3 is 0 Å². The van der Waals surface area contributed by atoms with Crippen LogP contribution in [0.1, 0.15) is 31.2 Å². The van der Waals surface area contributed by atoms with Crippen LogP contribution < -0.4 is 10.6 Å². The fourth-order valence-corrected chi connectivity index (χ4v) is 2.44. The molecule has 4 nitrogen and oxygen atoms in total. The highest BCUT2D eigenvalue weighted by molar-refractivity contribution is 5.46. The Morgan fingerprint density at radius 1 is 1.53 bits per heavy atom. The highest BCUT2D eigenvalue weighted by Crippen LogP contribution is 2.25. The predicted molar refractivity (Wildman–Crippen MR) is 67.6 cm³/mol. The molecule has 1 aliphatic rings. The van der Waals surface area contributed by atoms with Gasteiger partial charge in [0.05, 0.1) is 11.6 Å². The molecule has 0 aliphatic carbocycles. The molecule has 0 spiro atoms. The lowest BCUT2D eigenvalue weighted by Crippen LogP contribution is -2.41. The van der Waals surface area contributed by atoms with Gasteiger partial charge < -0.3 is 10.6 Å². The summed E-state index contributed by atoms with van der Waals surface area (Å²) in [5.74, 6) is 0.919. The van der Waals surface area contributed by atoms with Gasteiger partial charge in [0, 0.05) is 18.8 Å². The van der Waals surface area contributed by atoms with Crippen LogP contribution >= 0.6 is 0 Å². The Hall–Kier alpha value is -1.60. The molecule has 1 fully saturated rings. The third-order valence-corrected chi connectivity index (χ3v) is 3.30. The maximum Gasteiger partial charge on any atom is 0.130 e. The van der Waals surface area contributed by atoms with E-state index in [0.29, 0.717) is 18.2 Å². The van der Waals surface area contributed by atoms with Crippen LogP contribution in [0.15, 0.2) is 18.3 Å². The van der Waals surface area contributed by atoms with Crippen molar-refractivity contribution < 1.29 is 0 Å². The average Bonchev–Trinajstić information content (AvgIpc) is 2.40. The minimum absolute atomic E-state index is 0.482. The van der Waals surface area contributed by atoms with E-state index in [9.17, 15) is 0 Å². The van der Waals surface area contributed by atoms with Gasteiger partial charge in [0.25, 0.3) is 0 Å². The van der Waals surface area contributed by atoms with Crippen molar-refractivity contribution in [3.05, 3.63) is 23.9 Å². The number of rotatable bonds is 3. The van der Waals surface area contributed by atoms with Crippen molar-refractivity contribution in [2.24, 2.45) is 5.73 Å². The highest BCUT2D eigenvalue weighted by Gasteiger charge is 2.22. The normalized spacial score (nSPS) is 20.0. The molecule has 1 aromatic heterocycles. The number of aromatic nitrogens is 1. The molecule has 1 aliphatic heterocycles. The zero-order valence-electron chi connectivity index (χ0n) is 9.97. The van der Waals surface area contributed by atoms with Gasteiger partial charge in [0.2, 0.25) is 0 Å². The number of nitrogens with zero attached hydrogens (tertiary/aromatic N) is 3. The molecule has 1 atom stereocenters. The second-order valence-corrected chi connectivity index (χ2v) is 4.43. The summed E-state index contributed by atoms with van der Waals surface area (Å²) in [6, 6.07) is 6.25. The Labute approximate surface area is 102 Å². The molecular formula is C13H18N4. The zero-order chi connectivity index (χ0) is 12.1. The van der Waals surface area contributed by atoms with Crippen LogP contribution in [-0.4, -0.2) is 24.1 Å². The van der Waals surface area contributed by atoms with E-state index in [1.165, 1.54) is 19.3 Å². The Balaban J connectivity index is 2.20. The number of pyridine rings is 1. The summed E-state index contributed by atoms with van der Waals surface area (Å²) < 4.78 is 0. The van der Waals surface area contributed by atoms with E-state index in [1.807, 2.05) is 6.07 Å². The maximum absolute atomic E-state index is 8.91. The molecule has 0 radical (unpaired) electrons. The molecular weight excluding hydrogens is 212 g/mol. The van der Waals surface area contributed by atoms with Gasteiger partial charge in [-0.1, -0.05) is 0 Å². The second kappa shape index (κ2) is 5.65. The summed E-state index contributed by atoms with van der Waals surface area (Å²) >= 11 is 0. The lowest BCUT2D eigenvalue weighted by Gasteiger charge is -2.36. The quantitative estimate of drug-likeness (QED) is 0.857. The number of nitrogens with two attached hydrogens (primary N) is 1. The molecule has 4 heteroatoms. The van der Waals surface area contributed by atoms with E-state index < -0.39 is 0 Å². The van der Waals surface area contributed by atoms with Crippen molar-refractivity contribution in [3.63, 3.8) is 0 Å². The minimum atomic E-state index is 0.482. The number of piperidine rings is 1. The summed E-state index contributed by atoms with van der Waals surface area (Å²) in [5.41, 5.74) is 6.33. The lowest BCUT2D eigenvalue weighted by atomic mass is 9.99. The molecule has 17 heavy (non-hydrogen) atoms. The first kappa shape index (κ1) is 11.9. The molecule has 0 saturated carbocycles. The van der Waals surface area contributed by atoms with Crippen molar-refractivity contribution in [3.8, 4) is 6.07 Å². The van der Waals surface area contributed by atoms with Gasteiger partial charge in [0.15, 0.2) is 0 Å². The highest BCUT2D eigenvalue weighted by atomic mass is 15.2. The van der Waals surface area contributed by atoms with Gasteiger partial charge in [-0.25, -0.2) is 4.98 Å². The monoisotopic (exact) mass is 230 g/mol. The Kier molecular flexibility index (Phi) is 3.94. The lowest BCUT2D eigenvalue weighted by molar-refractivity contribution is 0.439. The first-order valence-electron chi connectivity index (χ1n) is 6.18. The van der Waals surface area contributed by atoms with Crippen LogP contribution in [0.5, 0.6) is 0 Å². The fourth-order valence-electron chi connectivity index (χ4n) is 2.44. The molecule has 0 bridgehead atoms. The summed E-state index contributed by atoms with van der Waals surface area (Å²) in [6.45, 7) is 1.73. The topological polar surface area (TPSA) is 65.9 Å². The SMILES string of the molecule is N#Cc1ccnc(N2CCCCC2CCN)c1. The van der Waals surface area contributed by atoms with Crippen LogP contribution in [0, 0.1) is 11.3 Å². The fraction of sp³-hybridized carbons (Fsp3) is 0.538. The van der Waals surface area contributed by atoms with E-state index in [0.717, 1.165) is 18.8 Å². The van der Waals surface area contributed by atoms with E-state index in [2.05, 4.69) is 16.0 Å². The van der Waals surface area contributed by atoms with Crippen LogP contribution in [0.3, 0.4) is 0 Å². The molecule has 2 rings (SSSR count). The Morgan fingerprint density at radius 3 is 3.18 bits per heavy atom. The summed E-state index contributed by atoms with van der Waals surface area (Å²) in [7, 11) is 0. The smallest absolute Gasteiger partial charge is 0.130 e. The third kappa shape index (κ3) is 2.75. The molecule has 90 valence electrons. The minimum Gasteiger partial charge on any atom is -0.354 e. The molecule has 1 aromatic rings. The standard InChI is InChI=1S/C13H18N4/c14-6-4-12-3-1-2-8-17(12)13-9-11(10-15)5-7-16-13/h5,7,9,12H,1-4,6,8,14H2. The van der Waals surface area contributed by atoms with Crippen molar-refractivity contribution >= 4 is 5.82 Å². The number of nitriles is 1. The van der Waals surface area contributed by atoms with Gasteiger partial charge in [-0.2, -0.15) is 5.26 Å². The first-order chi connectivity index (χ1) is 8.35. The summed E-state index contributed by atoms with van der Waals surface area (Å²) in [4.78, 5) is 6.68. The van der Waals surface area contributed by atoms with E-state index in [1.54, 1.807) is 12.3 Å². The molecule has 1 saturated heterocycles. The molecule has 1 unspecified atom stereocenters. The van der Waals surface area contributed by atoms with Crippen molar-refractivity contribution in [2.75, 3.05) is 18.0 Å². The maximum atomic E-state index is 8.91. The average molecular weight is 230 g/mol. The Bertz CT molecular complexity index is 408. The number of hydrogen-bond acceptors (Lipinski definition) is 4. The zero-order valence-corrected chi connectivity index (χ0v) is 9.97. The predicted octanol–water partition coefficient (Wildman–Crippen LogP) is 1.66. The van der Waals surface area contributed by atoms with Gasteiger partial charge in [-0.05, 0) is 44.4 Å². The summed E-state index contributed by atoms with van der Waals surface area (Å²) in [6.07, 6.45) is 6.34. The number of hydrogen-bond donors (Lipinski definition) is 1. The summed E-state index contributed by atoms with van der Waals surface area (Å²) in [5, 5.41) is 8.91. The van der Waals surface area contributed by atoms with Crippen LogP contribution in [0.4, 0.5) is 5.82 Å². The second-order valence-electron chi connectivity index (χ2n) is 4.43. The molecule has 0 aromatic carbocycles. The Morgan fingerprint density at radius 2 is 2.41 bits per heavy atom.